The number of ether oxygens (including phenoxy) is 1. The molecule has 2 aromatic rings. The van der Waals surface area contributed by atoms with Crippen molar-refractivity contribution in [2.45, 2.75) is 0 Å². The van der Waals surface area contributed by atoms with Crippen molar-refractivity contribution in [2.24, 2.45) is 7.05 Å². The van der Waals surface area contributed by atoms with Crippen LogP contribution in [0, 0.1) is 11.3 Å². The van der Waals surface area contributed by atoms with Crippen molar-refractivity contribution in [3.05, 3.63) is 39.9 Å². The monoisotopic (exact) mass is 273 g/mol. The summed E-state index contributed by atoms with van der Waals surface area (Å²) in [6.07, 6.45) is 1.36. The Hall–Kier alpha value is -3.08. The summed E-state index contributed by atoms with van der Waals surface area (Å²) in [6.45, 7) is 0. The maximum absolute atomic E-state index is 12.0. The van der Waals surface area contributed by atoms with E-state index in [9.17, 15) is 9.59 Å². The molecule has 0 saturated carbocycles. The summed E-state index contributed by atoms with van der Waals surface area (Å²) >= 11 is 0. The van der Waals surface area contributed by atoms with Gasteiger partial charge in [0.05, 0.1) is 19.0 Å². The predicted molar refractivity (Wildman–Crippen MR) is 69.5 cm³/mol. The SMILES string of the molecule is COc1ncc(NC(=O)c2cc(=O)[nH]n2C)cc1C#N. The number of carbonyl (C=O) groups excluding carboxylic acids is 1. The Morgan fingerprint density at radius 2 is 2.30 bits per heavy atom. The molecule has 0 saturated heterocycles. The highest BCUT2D eigenvalue weighted by molar-refractivity contribution is 6.03. The van der Waals surface area contributed by atoms with Crippen LogP contribution in [-0.2, 0) is 7.05 Å². The Morgan fingerprint density at radius 1 is 1.55 bits per heavy atom. The van der Waals surface area contributed by atoms with Gasteiger partial charge in [-0.05, 0) is 6.07 Å². The van der Waals surface area contributed by atoms with E-state index in [1.807, 2.05) is 6.07 Å². The highest BCUT2D eigenvalue weighted by Crippen LogP contribution is 2.18. The molecule has 0 aromatic carbocycles. The van der Waals surface area contributed by atoms with Gasteiger partial charge in [0.15, 0.2) is 0 Å². The van der Waals surface area contributed by atoms with Gasteiger partial charge in [0, 0.05) is 13.1 Å². The minimum Gasteiger partial charge on any atom is -0.480 e. The number of amides is 1. The van der Waals surface area contributed by atoms with Gasteiger partial charge in [0.25, 0.3) is 11.5 Å². The van der Waals surface area contributed by atoms with Crippen molar-refractivity contribution >= 4 is 11.6 Å². The molecule has 2 N–H and O–H groups in total. The van der Waals surface area contributed by atoms with Crippen LogP contribution < -0.4 is 15.6 Å². The number of nitriles is 1. The normalized spacial score (nSPS) is 9.85. The molecule has 1 amide bonds. The van der Waals surface area contributed by atoms with Crippen molar-refractivity contribution in [2.75, 3.05) is 12.4 Å². The number of hydrogen-bond donors (Lipinski definition) is 2. The zero-order valence-corrected chi connectivity index (χ0v) is 10.8. The van der Waals surface area contributed by atoms with Crippen LogP contribution in [-0.4, -0.2) is 27.8 Å². The lowest BCUT2D eigenvalue weighted by Crippen LogP contribution is -2.16. The van der Waals surface area contributed by atoms with Gasteiger partial charge in [-0.3, -0.25) is 19.4 Å². The van der Waals surface area contributed by atoms with Crippen LogP contribution >= 0.6 is 0 Å². The molecular weight excluding hydrogens is 262 g/mol. The molecule has 0 aliphatic rings. The fraction of sp³-hybridized carbons (Fsp3) is 0.167. The van der Waals surface area contributed by atoms with Crippen LogP contribution in [0.1, 0.15) is 16.1 Å². The van der Waals surface area contributed by atoms with Gasteiger partial charge in [0.1, 0.15) is 17.3 Å². The van der Waals surface area contributed by atoms with Crippen LogP contribution in [0.3, 0.4) is 0 Å². The summed E-state index contributed by atoms with van der Waals surface area (Å²) in [5.41, 5.74) is 0.335. The molecular formula is C12H11N5O3. The fourth-order valence-electron chi connectivity index (χ4n) is 1.66. The molecule has 0 aliphatic carbocycles. The second-order valence-electron chi connectivity index (χ2n) is 3.91. The largest absolute Gasteiger partial charge is 0.480 e. The molecule has 0 aliphatic heterocycles. The third-order valence-electron chi connectivity index (χ3n) is 2.56. The molecule has 0 unspecified atom stereocenters. The lowest BCUT2D eigenvalue weighted by atomic mass is 10.2. The van der Waals surface area contributed by atoms with E-state index < -0.39 is 5.91 Å². The Labute approximate surface area is 113 Å². The minimum absolute atomic E-state index is 0.171. The van der Waals surface area contributed by atoms with Crippen molar-refractivity contribution in [1.82, 2.24) is 14.8 Å². The van der Waals surface area contributed by atoms with Crippen LogP contribution in [0.15, 0.2) is 23.1 Å². The molecule has 2 rings (SSSR count). The zero-order valence-electron chi connectivity index (χ0n) is 10.8. The van der Waals surface area contributed by atoms with E-state index in [1.165, 1.54) is 30.1 Å². The van der Waals surface area contributed by atoms with Gasteiger partial charge in [-0.1, -0.05) is 0 Å². The van der Waals surface area contributed by atoms with Crippen molar-refractivity contribution in [1.29, 1.82) is 5.26 Å². The number of H-pyrrole nitrogens is 1. The average molecular weight is 273 g/mol. The second kappa shape index (κ2) is 5.27. The Bertz CT molecular complexity index is 753. The zero-order chi connectivity index (χ0) is 14.7. The molecule has 0 atom stereocenters. The number of methoxy groups -OCH3 is 1. The smallest absolute Gasteiger partial charge is 0.274 e. The Kier molecular flexibility index (Phi) is 3.52. The number of aryl methyl sites for hydroxylation is 1. The van der Waals surface area contributed by atoms with E-state index in [2.05, 4.69) is 15.4 Å². The molecule has 0 fully saturated rings. The summed E-state index contributed by atoms with van der Waals surface area (Å²) in [5, 5.41) is 13.9. The van der Waals surface area contributed by atoms with Crippen LogP contribution in [0.4, 0.5) is 5.69 Å². The molecule has 2 aromatic heterocycles. The van der Waals surface area contributed by atoms with E-state index in [0.29, 0.717) is 5.69 Å². The fourth-order valence-corrected chi connectivity index (χ4v) is 1.66. The minimum atomic E-state index is -0.485. The summed E-state index contributed by atoms with van der Waals surface area (Å²) in [4.78, 5) is 27.0. The number of aromatic nitrogens is 3. The van der Waals surface area contributed by atoms with Gasteiger partial charge >= 0.3 is 0 Å². The van der Waals surface area contributed by atoms with Gasteiger partial charge in [-0.2, -0.15) is 5.26 Å². The topological polar surface area (TPSA) is 113 Å². The maximum atomic E-state index is 12.0. The number of nitrogens with one attached hydrogen (secondary N) is 2. The molecule has 8 nitrogen and oxygen atoms in total. The van der Waals surface area contributed by atoms with Gasteiger partial charge in [-0.25, -0.2) is 4.98 Å². The highest BCUT2D eigenvalue weighted by atomic mass is 16.5. The summed E-state index contributed by atoms with van der Waals surface area (Å²) < 4.78 is 6.21. The molecule has 0 bridgehead atoms. The summed E-state index contributed by atoms with van der Waals surface area (Å²) in [5.74, 6) is -0.304. The van der Waals surface area contributed by atoms with E-state index in [0.717, 1.165) is 0 Å². The van der Waals surface area contributed by atoms with Gasteiger partial charge in [0.2, 0.25) is 5.88 Å². The summed E-state index contributed by atoms with van der Waals surface area (Å²) in [7, 11) is 2.94. The quantitative estimate of drug-likeness (QED) is 0.831. The molecule has 8 heteroatoms. The van der Waals surface area contributed by atoms with Crippen LogP contribution in [0.2, 0.25) is 0 Å². The van der Waals surface area contributed by atoms with E-state index in [4.69, 9.17) is 10.00 Å². The molecule has 102 valence electrons. The number of pyridine rings is 1. The number of rotatable bonds is 3. The third-order valence-corrected chi connectivity index (χ3v) is 2.56. The predicted octanol–water partition coefficient (Wildman–Crippen LogP) is 0.241. The average Bonchev–Trinajstić information content (AvgIpc) is 2.77. The molecule has 2 heterocycles. The van der Waals surface area contributed by atoms with E-state index in [1.54, 1.807) is 7.05 Å². The third kappa shape index (κ3) is 2.51. The Morgan fingerprint density at radius 3 is 2.85 bits per heavy atom. The lowest BCUT2D eigenvalue weighted by molar-refractivity contribution is 0.101. The maximum Gasteiger partial charge on any atom is 0.274 e. The number of nitrogens with zero attached hydrogens (tertiary/aromatic N) is 3. The second-order valence-corrected chi connectivity index (χ2v) is 3.91. The first-order chi connectivity index (χ1) is 9.55. The van der Waals surface area contributed by atoms with E-state index >= 15 is 0 Å². The first-order valence-electron chi connectivity index (χ1n) is 5.56. The van der Waals surface area contributed by atoms with Crippen LogP contribution in [0.5, 0.6) is 5.88 Å². The first-order valence-corrected chi connectivity index (χ1v) is 5.56. The molecule has 0 spiro atoms. The molecule has 0 radical (unpaired) electrons. The number of hydrogen-bond acceptors (Lipinski definition) is 5. The molecule has 20 heavy (non-hydrogen) atoms. The van der Waals surface area contributed by atoms with Crippen molar-refractivity contribution in [3.63, 3.8) is 0 Å². The Balaban J connectivity index is 2.27. The lowest BCUT2D eigenvalue weighted by Gasteiger charge is -2.07. The van der Waals surface area contributed by atoms with E-state index in [-0.39, 0.29) is 22.7 Å². The highest BCUT2D eigenvalue weighted by Gasteiger charge is 2.13. The first kappa shape index (κ1) is 13.4. The number of anilines is 1. The standard InChI is InChI=1S/C12H11N5O3/c1-17-9(4-10(18)16-17)11(19)15-8-3-7(5-13)12(20-2)14-6-8/h3-4,6H,1-2H3,(H,15,19)(H,16,18). The number of aromatic amines is 1. The van der Waals surface area contributed by atoms with Gasteiger partial charge < -0.3 is 10.1 Å². The number of carbonyl (C=O) groups is 1. The van der Waals surface area contributed by atoms with Crippen molar-refractivity contribution in [3.8, 4) is 11.9 Å². The van der Waals surface area contributed by atoms with Crippen molar-refractivity contribution < 1.29 is 9.53 Å². The van der Waals surface area contributed by atoms with Gasteiger partial charge in [-0.15, -0.1) is 0 Å². The van der Waals surface area contributed by atoms with Crippen LogP contribution in [0.25, 0.3) is 0 Å². The summed E-state index contributed by atoms with van der Waals surface area (Å²) in [6, 6.07) is 4.53.